The molecule has 0 aromatic heterocycles. The number of rotatable bonds is 7. The van der Waals surface area contributed by atoms with E-state index >= 15 is 4.39 Å². The first-order valence-corrected chi connectivity index (χ1v) is 12.6. The Morgan fingerprint density at radius 2 is 2.06 bits per heavy atom. The molecule has 1 heterocycles. The van der Waals surface area contributed by atoms with E-state index in [4.69, 9.17) is 9.47 Å². The Morgan fingerprint density at radius 1 is 1.29 bits per heavy atom. The van der Waals surface area contributed by atoms with Crippen molar-refractivity contribution in [3.05, 3.63) is 52.9 Å². The molecule has 1 aliphatic heterocycles. The second-order valence-corrected chi connectivity index (χ2v) is 10.4. The third-order valence-corrected chi connectivity index (χ3v) is 6.25. The molecule has 2 aliphatic rings. The van der Waals surface area contributed by atoms with Gasteiger partial charge in [-0.05, 0) is 77.5 Å². The molecule has 0 saturated carbocycles. The van der Waals surface area contributed by atoms with Crippen molar-refractivity contribution in [2.45, 2.75) is 72.0 Å². The van der Waals surface area contributed by atoms with Crippen molar-refractivity contribution < 1.29 is 23.5 Å². The summed E-state index contributed by atoms with van der Waals surface area (Å²) in [5, 5.41) is 2.76. The molecule has 0 radical (unpaired) electrons. The second kappa shape index (κ2) is 11.8. The lowest BCUT2D eigenvalue weighted by molar-refractivity contribution is -0.129. The molecule has 0 spiro atoms. The Balaban J connectivity index is 1.95. The maximum atomic E-state index is 15.3. The molecule has 0 bridgehead atoms. The first-order valence-electron chi connectivity index (χ1n) is 12.6. The summed E-state index contributed by atoms with van der Waals surface area (Å²) in [6.07, 6.45) is 6.55. The normalized spacial score (nSPS) is 19.5. The van der Waals surface area contributed by atoms with Crippen LogP contribution in [0.15, 0.2) is 35.9 Å². The molecule has 192 valence electrons. The highest BCUT2D eigenvalue weighted by Crippen LogP contribution is 2.39. The number of ether oxygens (including phenoxy) is 2. The number of amides is 2. The summed E-state index contributed by atoms with van der Waals surface area (Å²) in [5.74, 6) is -0.644. The maximum absolute atomic E-state index is 15.3. The van der Waals surface area contributed by atoms with Crippen molar-refractivity contribution in [3.63, 3.8) is 0 Å². The third kappa shape index (κ3) is 7.40. The molecule has 1 N–H and O–H groups in total. The van der Waals surface area contributed by atoms with Crippen LogP contribution in [0, 0.1) is 11.7 Å². The zero-order valence-corrected chi connectivity index (χ0v) is 21.7. The molecule has 2 amide bonds. The van der Waals surface area contributed by atoms with E-state index in [1.54, 1.807) is 11.0 Å². The second-order valence-electron chi connectivity index (χ2n) is 10.4. The molecule has 3 rings (SSSR count). The summed E-state index contributed by atoms with van der Waals surface area (Å²) >= 11 is 0. The lowest BCUT2D eigenvalue weighted by Gasteiger charge is -2.38. The van der Waals surface area contributed by atoms with Gasteiger partial charge in [0.1, 0.15) is 18.0 Å². The number of halogens is 1. The molecular weight excluding hydrogens is 447 g/mol. The van der Waals surface area contributed by atoms with Gasteiger partial charge in [0.2, 0.25) is 5.91 Å². The Bertz CT molecular complexity index is 980. The highest BCUT2D eigenvalue weighted by molar-refractivity contribution is 5.79. The Morgan fingerprint density at radius 3 is 2.74 bits per heavy atom. The largest absolute Gasteiger partial charge is 0.444 e. The van der Waals surface area contributed by atoms with E-state index in [9.17, 15) is 9.59 Å². The van der Waals surface area contributed by atoms with Crippen LogP contribution in [0.2, 0.25) is 0 Å². The summed E-state index contributed by atoms with van der Waals surface area (Å²) in [6.45, 7) is 10.8. The van der Waals surface area contributed by atoms with Crippen LogP contribution < -0.4 is 5.32 Å². The SMILES string of the molecule is CCNC(=O)COC(c1cccc(F)c1C1=CCCC(C)=C1)C1CCCN(C(=O)OC(C)(C)C)C1. The van der Waals surface area contributed by atoms with E-state index in [0.717, 1.165) is 31.3 Å². The lowest BCUT2D eigenvalue weighted by Crippen LogP contribution is -2.44. The number of likely N-dealkylation sites (tertiary alicyclic amines) is 1. The van der Waals surface area contributed by atoms with Crippen molar-refractivity contribution >= 4 is 17.6 Å². The molecule has 7 heteroatoms. The zero-order valence-electron chi connectivity index (χ0n) is 21.7. The first-order chi connectivity index (χ1) is 16.6. The lowest BCUT2D eigenvalue weighted by atomic mass is 9.83. The molecule has 35 heavy (non-hydrogen) atoms. The van der Waals surface area contributed by atoms with Crippen molar-refractivity contribution in [1.29, 1.82) is 0 Å². The number of carbonyl (C=O) groups excluding carboxylic acids is 2. The summed E-state index contributed by atoms with van der Waals surface area (Å²) in [7, 11) is 0. The van der Waals surface area contributed by atoms with Crippen molar-refractivity contribution in [2.75, 3.05) is 26.2 Å². The van der Waals surface area contributed by atoms with Crippen LogP contribution in [-0.2, 0) is 14.3 Å². The van der Waals surface area contributed by atoms with Gasteiger partial charge >= 0.3 is 6.09 Å². The number of hydrogen-bond donors (Lipinski definition) is 1. The Labute approximate surface area is 208 Å². The van der Waals surface area contributed by atoms with Gasteiger partial charge in [-0.3, -0.25) is 4.79 Å². The number of benzene rings is 1. The fourth-order valence-corrected chi connectivity index (χ4v) is 4.75. The monoisotopic (exact) mass is 486 g/mol. The molecular formula is C28H39FN2O4. The quantitative estimate of drug-likeness (QED) is 0.530. The van der Waals surface area contributed by atoms with Crippen LogP contribution in [0.25, 0.3) is 5.57 Å². The average molecular weight is 487 g/mol. The summed E-state index contributed by atoms with van der Waals surface area (Å²) < 4.78 is 27.1. The Hall–Kier alpha value is -2.67. The molecule has 1 saturated heterocycles. The van der Waals surface area contributed by atoms with Crippen LogP contribution in [0.4, 0.5) is 9.18 Å². The number of nitrogens with zero attached hydrogens (tertiary/aromatic N) is 1. The summed E-state index contributed by atoms with van der Waals surface area (Å²) in [6, 6.07) is 5.03. The van der Waals surface area contributed by atoms with Crippen molar-refractivity contribution in [1.82, 2.24) is 10.2 Å². The minimum atomic E-state index is -0.592. The van der Waals surface area contributed by atoms with Crippen LogP contribution in [-0.4, -0.2) is 48.7 Å². The van der Waals surface area contributed by atoms with E-state index in [1.807, 2.05) is 39.8 Å². The molecule has 2 unspecified atom stereocenters. The number of nitrogens with one attached hydrogen (secondary N) is 1. The number of allylic oxidation sites excluding steroid dienone is 4. The number of hydrogen-bond acceptors (Lipinski definition) is 4. The van der Waals surface area contributed by atoms with Crippen molar-refractivity contribution in [3.8, 4) is 0 Å². The van der Waals surface area contributed by atoms with Gasteiger partial charge in [0.25, 0.3) is 0 Å². The molecule has 1 aromatic carbocycles. The van der Waals surface area contributed by atoms with Crippen LogP contribution in [0.1, 0.15) is 77.5 Å². The van der Waals surface area contributed by atoms with Crippen LogP contribution in [0.3, 0.4) is 0 Å². The molecule has 2 atom stereocenters. The summed E-state index contributed by atoms with van der Waals surface area (Å²) in [4.78, 5) is 26.8. The highest BCUT2D eigenvalue weighted by atomic mass is 19.1. The van der Waals surface area contributed by atoms with Gasteiger partial charge in [0, 0.05) is 31.1 Å². The average Bonchev–Trinajstić information content (AvgIpc) is 2.78. The third-order valence-electron chi connectivity index (χ3n) is 6.25. The van der Waals surface area contributed by atoms with Crippen molar-refractivity contribution in [2.24, 2.45) is 5.92 Å². The predicted octanol–water partition coefficient (Wildman–Crippen LogP) is 5.79. The van der Waals surface area contributed by atoms with Gasteiger partial charge in [-0.15, -0.1) is 0 Å². The molecule has 6 nitrogen and oxygen atoms in total. The summed E-state index contributed by atoms with van der Waals surface area (Å²) in [5.41, 5.74) is 2.67. The Kier molecular flexibility index (Phi) is 9.11. The number of likely N-dealkylation sites (N-methyl/N-ethyl adjacent to an activating group) is 1. The van der Waals surface area contributed by atoms with E-state index in [1.165, 1.54) is 11.6 Å². The van der Waals surface area contributed by atoms with E-state index in [0.29, 0.717) is 30.8 Å². The van der Waals surface area contributed by atoms with Gasteiger partial charge < -0.3 is 19.7 Å². The van der Waals surface area contributed by atoms with Crippen LogP contribution >= 0.6 is 0 Å². The fourth-order valence-electron chi connectivity index (χ4n) is 4.75. The van der Waals surface area contributed by atoms with E-state index < -0.39 is 11.7 Å². The van der Waals surface area contributed by atoms with Gasteiger partial charge in [-0.2, -0.15) is 0 Å². The van der Waals surface area contributed by atoms with E-state index in [-0.39, 0.29) is 30.3 Å². The first kappa shape index (κ1) is 26.9. The molecule has 1 aromatic rings. The molecule has 1 aliphatic carbocycles. The standard InChI is InChI=1S/C28H39FN2O4/c1-6-30-24(32)18-34-26(21-12-9-15-31(17-21)27(33)35-28(3,4)5)22-13-8-14-23(29)25(22)20-11-7-10-19(2)16-20/h8,11,13-14,16,21,26H,6-7,9-10,12,15,17-18H2,1-5H3,(H,30,32). The van der Waals surface area contributed by atoms with Gasteiger partial charge in [-0.1, -0.05) is 29.9 Å². The number of piperidine rings is 1. The van der Waals surface area contributed by atoms with Gasteiger partial charge in [0.15, 0.2) is 0 Å². The maximum Gasteiger partial charge on any atom is 0.410 e. The van der Waals surface area contributed by atoms with E-state index in [2.05, 4.69) is 18.3 Å². The number of carbonyl (C=O) groups is 2. The predicted molar refractivity (Wildman–Crippen MR) is 135 cm³/mol. The minimum Gasteiger partial charge on any atom is -0.444 e. The smallest absolute Gasteiger partial charge is 0.410 e. The highest BCUT2D eigenvalue weighted by Gasteiger charge is 2.35. The van der Waals surface area contributed by atoms with Crippen LogP contribution in [0.5, 0.6) is 0 Å². The topological polar surface area (TPSA) is 67.9 Å². The fraction of sp³-hybridized carbons (Fsp3) is 0.571. The zero-order chi connectivity index (χ0) is 25.6. The van der Waals surface area contributed by atoms with Gasteiger partial charge in [0.05, 0.1) is 6.10 Å². The minimum absolute atomic E-state index is 0.111. The van der Waals surface area contributed by atoms with Gasteiger partial charge in [-0.25, -0.2) is 9.18 Å². The molecule has 1 fully saturated rings.